The van der Waals surface area contributed by atoms with Crippen LogP contribution in [0.4, 0.5) is 5.69 Å². The minimum atomic E-state index is -0.210. The molecule has 0 aliphatic carbocycles. The summed E-state index contributed by atoms with van der Waals surface area (Å²) in [6.45, 7) is 0. The molecule has 0 saturated carbocycles. The normalized spacial score (nSPS) is 10.0. The van der Waals surface area contributed by atoms with E-state index in [1.807, 2.05) is 6.07 Å². The molecule has 0 fully saturated rings. The lowest BCUT2D eigenvalue weighted by Crippen LogP contribution is -2.19. The van der Waals surface area contributed by atoms with Crippen LogP contribution in [-0.2, 0) is 16.0 Å². The zero-order valence-corrected chi connectivity index (χ0v) is 13.5. The van der Waals surface area contributed by atoms with Crippen LogP contribution in [0.1, 0.15) is 28.8 Å². The van der Waals surface area contributed by atoms with E-state index in [2.05, 4.69) is 10.6 Å². The van der Waals surface area contributed by atoms with E-state index < -0.39 is 0 Å². The van der Waals surface area contributed by atoms with Crippen molar-refractivity contribution in [3.05, 3.63) is 65.7 Å². The molecule has 0 saturated heterocycles. The molecule has 0 heterocycles. The molecule has 0 unspecified atom stereocenters. The molecule has 0 aliphatic heterocycles. The lowest BCUT2D eigenvalue weighted by Gasteiger charge is -2.06. The molecule has 0 aliphatic rings. The van der Waals surface area contributed by atoms with Gasteiger partial charge in [0.1, 0.15) is 0 Å². The summed E-state index contributed by atoms with van der Waals surface area (Å²) < 4.78 is 0. The van der Waals surface area contributed by atoms with Crippen LogP contribution >= 0.6 is 0 Å². The molecule has 0 bridgehead atoms. The van der Waals surface area contributed by atoms with Crippen molar-refractivity contribution >= 4 is 23.3 Å². The maximum Gasteiger partial charge on any atom is 0.224 e. The fourth-order valence-electron chi connectivity index (χ4n) is 2.20. The van der Waals surface area contributed by atoms with Crippen LogP contribution in [0.3, 0.4) is 0 Å². The lowest BCUT2D eigenvalue weighted by atomic mass is 10.1. The Kier molecular flexibility index (Phi) is 6.25. The van der Waals surface area contributed by atoms with E-state index in [0.717, 1.165) is 5.56 Å². The molecule has 0 spiro atoms. The number of carbonyl (C=O) groups excluding carboxylic acids is 3. The number of hydrogen-bond acceptors (Lipinski definition) is 3. The zero-order chi connectivity index (χ0) is 17.4. The van der Waals surface area contributed by atoms with Gasteiger partial charge in [-0.1, -0.05) is 42.5 Å². The van der Waals surface area contributed by atoms with Crippen molar-refractivity contribution in [1.29, 1.82) is 0 Å². The van der Waals surface area contributed by atoms with Gasteiger partial charge < -0.3 is 10.6 Å². The van der Waals surface area contributed by atoms with Crippen molar-refractivity contribution in [2.45, 2.75) is 19.3 Å². The quantitative estimate of drug-likeness (QED) is 0.769. The highest BCUT2D eigenvalue weighted by molar-refractivity contribution is 5.99. The highest BCUT2D eigenvalue weighted by Crippen LogP contribution is 2.12. The fourth-order valence-corrected chi connectivity index (χ4v) is 2.20. The van der Waals surface area contributed by atoms with Gasteiger partial charge in [0.2, 0.25) is 11.8 Å². The topological polar surface area (TPSA) is 75.3 Å². The van der Waals surface area contributed by atoms with Crippen LogP contribution in [0.5, 0.6) is 0 Å². The number of carbonyl (C=O) groups is 3. The van der Waals surface area contributed by atoms with E-state index in [0.29, 0.717) is 17.7 Å². The lowest BCUT2D eigenvalue weighted by molar-refractivity contribution is -0.120. The molecule has 5 heteroatoms. The van der Waals surface area contributed by atoms with Crippen LogP contribution in [0.25, 0.3) is 0 Å². The first-order chi connectivity index (χ1) is 11.6. The Bertz CT molecular complexity index is 709. The minimum Gasteiger partial charge on any atom is -0.359 e. The second kappa shape index (κ2) is 8.62. The van der Waals surface area contributed by atoms with Crippen LogP contribution < -0.4 is 10.6 Å². The van der Waals surface area contributed by atoms with Crippen LogP contribution in [0.2, 0.25) is 0 Å². The maximum atomic E-state index is 12.0. The summed E-state index contributed by atoms with van der Waals surface area (Å²) >= 11 is 0. The third kappa shape index (κ3) is 5.35. The molecular formula is C19H20N2O3. The first-order valence-electron chi connectivity index (χ1n) is 7.76. The van der Waals surface area contributed by atoms with E-state index >= 15 is 0 Å². The summed E-state index contributed by atoms with van der Waals surface area (Å²) in [5.74, 6) is -0.323. The van der Waals surface area contributed by atoms with Crippen LogP contribution in [0.15, 0.2) is 54.6 Å². The van der Waals surface area contributed by atoms with Gasteiger partial charge in [-0.3, -0.25) is 14.4 Å². The van der Waals surface area contributed by atoms with Crippen molar-refractivity contribution < 1.29 is 14.4 Å². The van der Waals surface area contributed by atoms with Crippen LogP contribution in [0, 0.1) is 0 Å². The molecule has 0 aromatic heterocycles. The summed E-state index contributed by atoms with van der Waals surface area (Å²) in [5, 5.41) is 5.31. The van der Waals surface area contributed by atoms with E-state index in [4.69, 9.17) is 0 Å². The zero-order valence-electron chi connectivity index (χ0n) is 13.5. The number of Topliss-reactive ketones (excluding diaryl/α,β-unsaturated/α-hetero) is 1. The first-order valence-corrected chi connectivity index (χ1v) is 7.76. The smallest absolute Gasteiger partial charge is 0.224 e. The predicted molar refractivity (Wildman–Crippen MR) is 92.8 cm³/mol. The molecule has 2 aromatic carbocycles. The molecule has 24 heavy (non-hydrogen) atoms. The second-order valence-corrected chi connectivity index (χ2v) is 5.38. The third-order valence-electron chi connectivity index (χ3n) is 3.56. The van der Waals surface area contributed by atoms with Gasteiger partial charge >= 0.3 is 0 Å². The van der Waals surface area contributed by atoms with Crippen molar-refractivity contribution in [2.24, 2.45) is 0 Å². The largest absolute Gasteiger partial charge is 0.359 e. The number of hydrogen-bond donors (Lipinski definition) is 2. The highest BCUT2D eigenvalue weighted by Gasteiger charge is 2.09. The summed E-state index contributed by atoms with van der Waals surface area (Å²) in [6.07, 6.45) is 0.606. The summed E-state index contributed by atoms with van der Waals surface area (Å²) in [6, 6.07) is 16.0. The van der Waals surface area contributed by atoms with Gasteiger partial charge in [0.15, 0.2) is 5.78 Å². The Morgan fingerprint density at radius 2 is 1.50 bits per heavy atom. The number of benzene rings is 2. The molecule has 2 rings (SSSR count). The maximum absolute atomic E-state index is 12.0. The Morgan fingerprint density at radius 3 is 2.12 bits per heavy atom. The molecule has 124 valence electrons. The first kappa shape index (κ1) is 17.4. The van der Waals surface area contributed by atoms with Crippen molar-refractivity contribution in [3.8, 4) is 0 Å². The standard InChI is InChI=1S/C19H20N2O3/c1-20-19(24)13-14-7-9-16(10-8-14)21-18(23)12-11-17(22)15-5-3-2-4-6-15/h2-10H,11-13H2,1H3,(H,20,24)(H,21,23). The van der Waals surface area contributed by atoms with Gasteiger partial charge in [-0.15, -0.1) is 0 Å². The monoisotopic (exact) mass is 324 g/mol. The summed E-state index contributed by atoms with van der Waals surface area (Å²) in [4.78, 5) is 35.2. The second-order valence-electron chi connectivity index (χ2n) is 5.38. The van der Waals surface area contributed by atoms with Gasteiger partial charge in [-0.05, 0) is 17.7 Å². The number of amides is 2. The van der Waals surface area contributed by atoms with E-state index in [9.17, 15) is 14.4 Å². The number of ketones is 1. The molecule has 0 atom stereocenters. The van der Waals surface area contributed by atoms with Gasteiger partial charge in [-0.2, -0.15) is 0 Å². The van der Waals surface area contributed by atoms with E-state index in [-0.39, 0.29) is 30.4 Å². The van der Waals surface area contributed by atoms with Gasteiger partial charge in [0.25, 0.3) is 0 Å². The number of nitrogens with one attached hydrogen (secondary N) is 2. The van der Waals surface area contributed by atoms with E-state index in [1.165, 1.54) is 0 Å². The molecule has 5 nitrogen and oxygen atoms in total. The van der Waals surface area contributed by atoms with E-state index in [1.54, 1.807) is 55.6 Å². The molecule has 0 radical (unpaired) electrons. The van der Waals surface area contributed by atoms with Crippen molar-refractivity contribution in [3.63, 3.8) is 0 Å². The summed E-state index contributed by atoms with van der Waals surface area (Å²) in [5.41, 5.74) is 2.13. The highest BCUT2D eigenvalue weighted by atomic mass is 16.2. The predicted octanol–water partition coefficient (Wildman–Crippen LogP) is 2.58. The minimum absolute atomic E-state index is 0.0494. The molecular weight excluding hydrogens is 304 g/mol. The van der Waals surface area contributed by atoms with Gasteiger partial charge in [-0.25, -0.2) is 0 Å². The Hall–Kier alpha value is -2.95. The molecule has 2 aromatic rings. The Morgan fingerprint density at radius 1 is 0.833 bits per heavy atom. The SMILES string of the molecule is CNC(=O)Cc1ccc(NC(=O)CCC(=O)c2ccccc2)cc1. The number of likely N-dealkylation sites (N-methyl/N-ethyl adjacent to an activating group) is 1. The Labute approximate surface area is 141 Å². The van der Waals surface area contributed by atoms with Gasteiger partial charge in [0, 0.05) is 31.1 Å². The average molecular weight is 324 g/mol. The fraction of sp³-hybridized carbons (Fsp3) is 0.211. The van der Waals surface area contributed by atoms with Crippen LogP contribution in [-0.4, -0.2) is 24.6 Å². The van der Waals surface area contributed by atoms with Crippen molar-refractivity contribution in [2.75, 3.05) is 12.4 Å². The summed E-state index contributed by atoms with van der Waals surface area (Å²) in [7, 11) is 1.59. The molecule has 2 amide bonds. The number of anilines is 1. The van der Waals surface area contributed by atoms with Gasteiger partial charge in [0.05, 0.1) is 6.42 Å². The Balaban J connectivity index is 1.82. The average Bonchev–Trinajstić information content (AvgIpc) is 2.62. The number of rotatable bonds is 7. The third-order valence-corrected chi connectivity index (χ3v) is 3.56. The van der Waals surface area contributed by atoms with Crippen molar-refractivity contribution in [1.82, 2.24) is 5.32 Å². The molecule has 2 N–H and O–H groups in total.